The predicted molar refractivity (Wildman–Crippen MR) is 97.1 cm³/mol. The molecule has 0 aromatic heterocycles. The highest BCUT2D eigenvalue weighted by atomic mass is 35.5. The van der Waals surface area contributed by atoms with Gasteiger partial charge < -0.3 is 15.4 Å². The Bertz CT molecular complexity index is 661. The van der Waals surface area contributed by atoms with Gasteiger partial charge in [0.2, 0.25) is 0 Å². The first-order chi connectivity index (χ1) is 10.6. The Morgan fingerprint density at radius 1 is 1.23 bits per heavy atom. The van der Waals surface area contributed by atoms with Crippen molar-refractivity contribution in [2.75, 3.05) is 19.0 Å². The summed E-state index contributed by atoms with van der Waals surface area (Å²) in [5, 5.41) is 7.64. The van der Waals surface area contributed by atoms with Crippen molar-refractivity contribution in [1.29, 1.82) is 0 Å². The average molecular weight is 335 g/mol. The lowest BCUT2D eigenvalue weighted by Gasteiger charge is -2.13. The molecule has 0 radical (unpaired) electrons. The molecule has 5 heteroatoms. The Balaban J connectivity index is 1.87. The fourth-order valence-corrected chi connectivity index (χ4v) is 2.50. The van der Waals surface area contributed by atoms with Crippen LogP contribution in [0.4, 0.5) is 5.69 Å². The molecule has 0 fully saturated rings. The van der Waals surface area contributed by atoms with Gasteiger partial charge in [0.05, 0.1) is 7.11 Å². The maximum Gasteiger partial charge on any atom is 0.170 e. The van der Waals surface area contributed by atoms with Crippen LogP contribution < -0.4 is 15.4 Å². The summed E-state index contributed by atoms with van der Waals surface area (Å²) in [5.41, 5.74) is 3.17. The van der Waals surface area contributed by atoms with Gasteiger partial charge in [-0.05, 0) is 54.9 Å². The summed E-state index contributed by atoms with van der Waals surface area (Å²) >= 11 is 11.3. The summed E-state index contributed by atoms with van der Waals surface area (Å²) in [5.74, 6) is 0.897. The summed E-state index contributed by atoms with van der Waals surface area (Å²) < 4.78 is 5.34. The number of nitrogens with one attached hydrogen (secondary N) is 2. The van der Waals surface area contributed by atoms with Crippen molar-refractivity contribution in [3.8, 4) is 5.75 Å². The van der Waals surface area contributed by atoms with Crippen LogP contribution in [0.15, 0.2) is 42.5 Å². The Hall–Kier alpha value is -1.78. The fraction of sp³-hybridized carbons (Fsp3) is 0.235. The first kappa shape index (κ1) is 16.6. The number of aryl methyl sites for hydroxylation is 1. The molecule has 0 aliphatic carbocycles. The molecule has 0 spiro atoms. The van der Waals surface area contributed by atoms with Crippen LogP contribution in [0.5, 0.6) is 5.75 Å². The van der Waals surface area contributed by atoms with Gasteiger partial charge in [0.1, 0.15) is 5.75 Å². The van der Waals surface area contributed by atoms with Crippen molar-refractivity contribution >= 4 is 34.6 Å². The number of hydrogen-bond acceptors (Lipinski definition) is 2. The summed E-state index contributed by atoms with van der Waals surface area (Å²) in [6, 6.07) is 13.7. The van der Waals surface area contributed by atoms with Crippen molar-refractivity contribution in [3.63, 3.8) is 0 Å². The molecule has 0 aliphatic rings. The van der Waals surface area contributed by atoms with Crippen molar-refractivity contribution in [1.82, 2.24) is 5.32 Å². The lowest BCUT2D eigenvalue weighted by Crippen LogP contribution is -2.30. The quantitative estimate of drug-likeness (QED) is 0.803. The molecule has 2 aromatic carbocycles. The number of para-hydroxylation sites is 1. The third-order valence-corrected chi connectivity index (χ3v) is 3.80. The second-order valence-corrected chi connectivity index (χ2v) is 5.75. The van der Waals surface area contributed by atoms with Gasteiger partial charge in [-0.25, -0.2) is 0 Å². The molecule has 22 heavy (non-hydrogen) atoms. The minimum atomic E-state index is 0.584. The molecule has 0 bridgehead atoms. The van der Waals surface area contributed by atoms with E-state index in [1.807, 2.05) is 43.3 Å². The number of thiocarbonyl (C=S) groups is 1. The van der Waals surface area contributed by atoms with E-state index in [4.69, 9.17) is 28.6 Å². The standard InChI is InChI=1S/C17H19ClN2OS/c1-12-7-8-14(18)11-15(12)20-17(22)19-10-9-13-5-3-4-6-16(13)21-2/h3-8,11H,9-10H2,1-2H3,(H2,19,20,22). The van der Waals surface area contributed by atoms with E-state index in [-0.39, 0.29) is 0 Å². The Kier molecular flexibility index (Phi) is 6.04. The fourth-order valence-electron chi connectivity index (χ4n) is 2.12. The molecule has 116 valence electrons. The average Bonchev–Trinajstić information content (AvgIpc) is 2.51. The second-order valence-electron chi connectivity index (χ2n) is 4.90. The summed E-state index contributed by atoms with van der Waals surface area (Å²) in [7, 11) is 1.68. The maximum absolute atomic E-state index is 6.00. The van der Waals surface area contributed by atoms with E-state index in [1.165, 1.54) is 0 Å². The van der Waals surface area contributed by atoms with Gasteiger partial charge in [0, 0.05) is 17.3 Å². The third-order valence-electron chi connectivity index (χ3n) is 3.32. The zero-order valence-electron chi connectivity index (χ0n) is 12.7. The van der Waals surface area contributed by atoms with Crippen LogP contribution in [0, 0.1) is 6.92 Å². The van der Waals surface area contributed by atoms with Crippen molar-refractivity contribution < 1.29 is 4.74 Å². The second kappa shape index (κ2) is 8.01. The molecule has 0 saturated carbocycles. The number of methoxy groups -OCH3 is 1. The van der Waals surface area contributed by atoms with E-state index in [1.54, 1.807) is 7.11 Å². The molecule has 0 unspecified atom stereocenters. The lowest BCUT2D eigenvalue weighted by molar-refractivity contribution is 0.409. The molecule has 2 rings (SSSR count). The van der Waals surface area contributed by atoms with Crippen LogP contribution in [-0.4, -0.2) is 18.8 Å². The van der Waals surface area contributed by atoms with Gasteiger partial charge in [-0.2, -0.15) is 0 Å². The number of ether oxygens (including phenoxy) is 1. The smallest absolute Gasteiger partial charge is 0.170 e. The Morgan fingerprint density at radius 2 is 2.00 bits per heavy atom. The molecule has 2 N–H and O–H groups in total. The molecular weight excluding hydrogens is 316 g/mol. The highest BCUT2D eigenvalue weighted by Gasteiger charge is 2.04. The highest BCUT2D eigenvalue weighted by molar-refractivity contribution is 7.80. The summed E-state index contributed by atoms with van der Waals surface area (Å²) in [6.07, 6.45) is 0.834. The van der Waals surface area contributed by atoms with Gasteiger partial charge in [-0.3, -0.25) is 0 Å². The van der Waals surface area contributed by atoms with E-state index in [0.717, 1.165) is 35.5 Å². The molecule has 3 nitrogen and oxygen atoms in total. The zero-order valence-corrected chi connectivity index (χ0v) is 14.2. The van der Waals surface area contributed by atoms with E-state index in [9.17, 15) is 0 Å². The lowest BCUT2D eigenvalue weighted by atomic mass is 10.1. The number of rotatable bonds is 5. The van der Waals surface area contributed by atoms with E-state index >= 15 is 0 Å². The first-order valence-electron chi connectivity index (χ1n) is 7.03. The van der Waals surface area contributed by atoms with Gasteiger partial charge in [-0.15, -0.1) is 0 Å². The van der Waals surface area contributed by atoms with Gasteiger partial charge >= 0.3 is 0 Å². The molecule has 0 amide bonds. The molecular formula is C17H19ClN2OS. The van der Waals surface area contributed by atoms with Crippen LogP contribution >= 0.6 is 23.8 Å². The Morgan fingerprint density at radius 3 is 2.77 bits per heavy atom. The first-order valence-corrected chi connectivity index (χ1v) is 7.81. The third kappa shape index (κ3) is 4.61. The van der Waals surface area contributed by atoms with E-state index < -0.39 is 0 Å². The Labute approximate surface area is 141 Å². The van der Waals surface area contributed by atoms with Crippen molar-refractivity contribution in [3.05, 3.63) is 58.6 Å². The van der Waals surface area contributed by atoms with E-state index in [2.05, 4.69) is 16.7 Å². The monoisotopic (exact) mass is 334 g/mol. The van der Waals surface area contributed by atoms with Gasteiger partial charge in [0.25, 0.3) is 0 Å². The normalized spacial score (nSPS) is 10.1. The zero-order chi connectivity index (χ0) is 15.9. The number of halogens is 1. The largest absolute Gasteiger partial charge is 0.496 e. The summed E-state index contributed by atoms with van der Waals surface area (Å²) in [4.78, 5) is 0. The van der Waals surface area contributed by atoms with Crippen LogP contribution in [0.1, 0.15) is 11.1 Å². The van der Waals surface area contributed by atoms with Crippen LogP contribution in [0.2, 0.25) is 5.02 Å². The van der Waals surface area contributed by atoms with Crippen LogP contribution in [0.25, 0.3) is 0 Å². The minimum Gasteiger partial charge on any atom is -0.496 e. The van der Waals surface area contributed by atoms with Crippen molar-refractivity contribution in [2.24, 2.45) is 0 Å². The minimum absolute atomic E-state index is 0.584. The molecule has 2 aromatic rings. The summed E-state index contributed by atoms with van der Waals surface area (Å²) in [6.45, 7) is 2.74. The van der Waals surface area contributed by atoms with Gasteiger partial charge in [-0.1, -0.05) is 35.9 Å². The SMILES string of the molecule is COc1ccccc1CCNC(=S)Nc1cc(Cl)ccc1C. The molecule has 0 heterocycles. The van der Waals surface area contributed by atoms with Gasteiger partial charge in [0.15, 0.2) is 5.11 Å². The van der Waals surface area contributed by atoms with E-state index in [0.29, 0.717) is 10.1 Å². The van der Waals surface area contributed by atoms with Crippen molar-refractivity contribution in [2.45, 2.75) is 13.3 Å². The van der Waals surface area contributed by atoms with Crippen LogP contribution in [0.3, 0.4) is 0 Å². The topological polar surface area (TPSA) is 33.3 Å². The number of benzene rings is 2. The predicted octanol–water partition coefficient (Wildman–Crippen LogP) is 4.19. The van der Waals surface area contributed by atoms with Crippen LogP contribution in [-0.2, 0) is 6.42 Å². The maximum atomic E-state index is 6.00. The molecule has 0 saturated heterocycles. The highest BCUT2D eigenvalue weighted by Crippen LogP contribution is 2.20. The molecule has 0 aliphatic heterocycles. The molecule has 0 atom stereocenters. The number of anilines is 1. The number of hydrogen-bond donors (Lipinski definition) is 2.